The largest absolute Gasteiger partial charge is 0.497 e. The maximum atomic E-state index is 12.7. The molecule has 1 atom stereocenters. The van der Waals surface area contributed by atoms with Crippen LogP contribution in [0.4, 0.5) is 4.79 Å². The Morgan fingerprint density at radius 2 is 1.94 bits per heavy atom. The van der Waals surface area contributed by atoms with E-state index in [0.29, 0.717) is 13.0 Å². The van der Waals surface area contributed by atoms with Gasteiger partial charge in [0.25, 0.3) is 0 Å². The van der Waals surface area contributed by atoms with Crippen LogP contribution < -0.4 is 20.7 Å². The summed E-state index contributed by atoms with van der Waals surface area (Å²) in [5.41, 5.74) is 2.93. The van der Waals surface area contributed by atoms with E-state index < -0.39 is 0 Å². The number of nitrogens with zero attached hydrogens (tertiary/aromatic N) is 2. The van der Waals surface area contributed by atoms with E-state index in [1.165, 1.54) is 0 Å². The minimum atomic E-state index is -0.278. The predicted octanol–water partition coefficient (Wildman–Crippen LogP) is 2.06. The van der Waals surface area contributed by atoms with E-state index in [1.807, 2.05) is 48.5 Å². The fourth-order valence-electron chi connectivity index (χ4n) is 3.82. The number of carbonyl (C=O) groups is 1. The molecule has 1 saturated heterocycles. The number of methoxy groups -OCH3 is 1. The summed E-state index contributed by atoms with van der Waals surface area (Å²) in [6, 6.07) is 15.3. The number of aromatic amines is 1. The summed E-state index contributed by atoms with van der Waals surface area (Å²) >= 11 is 0. The number of carbonyl (C=O) groups excluding carboxylic acids is 1. The Kier molecular flexibility index (Phi) is 7.01. The summed E-state index contributed by atoms with van der Waals surface area (Å²) in [4.78, 5) is 23.1. The van der Waals surface area contributed by atoms with Crippen LogP contribution in [0.25, 0.3) is 11.0 Å². The van der Waals surface area contributed by atoms with Gasteiger partial charge in [0, 0.05) is 39.3 Å². The molecule has 1 fully saturated rings. The van der Waals surface area contributed by atoms with Gasteiger partial charge >= 0.3 is 6.03 Å². The van der Waals surface area contributed by atoms with Crippen molar-refractivity contribution in [2.75, 3.05) is 46.4 Å². The van der Waals surface area contributed by atoms with Crippen molar-refractivity contribution in [2.45, 2.75) is 12.5 Å². The minimum absolute atomic E-state index is 0.186. The molecule has 4 N–H and O–H groups in total. The number of ether oxygens (including phenoxy) is 1. The number of piperazine rings is 1. The number of fused-ring (bicyclic) bond motifs is 1. The summed E-state index contributed by atoms with van der Waals surface area (Å²) in [6.07, 6.45) is 0.620. The lowest BCUT2D eigenvalue weighted by molar-refractivity contribution is 0.224. The van der Waals surface area contributed by atoms with Crippen LogP contribution in [0.1, 0.15) is 17.4 Å². The van der Waals surface area contributed by atoms with Gasteiger partial charge in [-0.05, 0) is 36.2 Å². The van der Waals surface area contributed by atoms with Gasteiger partial charge in [0.05, 0.1) is 24.2 Å². The second-order valence-corrected chi connectivity index (χ2v) is 7.74. The van der Waals surface area contributed by atoms with E-state index >= 15 is 0 Å². The molecule has 164 valence electrons. The number of urea groups is 1. The van der Waals surface area contributed by atoms with Crippen LogP contribution in [0.15, 0.2) is 48.5 Å². The molecule has 8 nitrogen and oxygen atoms in total. The number of amides is 2. The van der Waals surface area contributed by atoms with Crippen LogP contribution >= 0.6 is 0 Å². The maximum absolute atomic E-state index is 12.7. The van der Waals surface area contributed by atoms with Crippen LogP contribution in [-0.4, -0.2) is 67.3 Å². The normalized spacial score (nSPS) is 15.5. The molecule has 0 bridgehead atoms. The lowest BCUT2D eigenvalue weighted by Gasteiger charge is -2.27. The highest BCUT2D eigenvalue weighted by atomic mass is 16.5. The zero-order valence-corrected chi connectivity index (χ0v) is 17.9. The summed E-state index contributed by atoms with van der Waals surface area (Å²) in [7, 11) is 1.65. The molecule has 0 saturated carbocycles. The fraction of sp³-hybridized carbons (Fsp3) is 0.391. The van der Waals surface area contributed by atoms with Crippen LogP contribution in [-0.2, 0) is 6.42 Å². The van der Waals surface area contributed by atoms with Gasteiger partial charge in [0.15, 0.2) is 0 Å². The van der Waals surface area contributed by atoms with Crippen molar-refractivity contribution in [1.29, 1.82) is 0 Å². The van der Waals surface area contributed by atoms with Crippen molar-refractivity contribution in [2.24, 2.45) is 0 Å². The Hall–Kier alpha value is -3.10. The zero-order chi connectivity index (χ0) is 21.5. The van der Waals surface area contributed by atoms with Gasteiger partial charge in [0.1, 0.15) is 11.6 Å². The van der Waals surface area contributed by atoms with Crippen molar-refractivity contribution in [3.63, 3.8) is 0 Å². The van der Waals surface area contributed by atoms with E-state index in [4.69, 9.17) is 9.72 Å². The Bertz CT molecular complexity index is 948. The van der Waals surface area contributed by atoms with Crippen molar-refractivity contribution >= 4 is 17.1 Å². The molecule has 0 spiro atoms. The fourth-order valence-corrected chi connectivity index (χ4v) is 3.82. The second kappa shape index (κ2) is 10.3. The van der Waals surface area contributed by atoms with Gasteiger partial charge in [-0.3, -0.25) is 4.90 Å². The number of aromatic nitrogens is 2. The highest BCUT2D eigenvalue weighted by Crippen LogP contribution is 2.21. The monoisotopic (exact) mass is 422 g/mol. The Balaban J connectivity index is 1.42. The summed E-state index contributed by atoms with van der Waals surface area (Å²) in [6.45, 7) is 5.50. The molecule has 1 aliphatic heterocycles. The van der Waals surface area contributed by atoms with Gasteiger partial charge in [0.2, 0.25) is 0 Å². The SMILES string of the molecule is COc1ccc(C[C@@H](NC(=O)NCCN2CCNCC2)c2nc3ccccc3[nH]2)cc1. The number of hydrogen-bond donors (Lipinski definition) is 4. The van der Waals surface area contributed by atoms with Gasteiger partial charge in [-0.15, -0.1) is 0 Å². The van der Waals surface area contributed by atoms with Gasteiger partial charge in [-0.1, -0.05) is 24.3 Å². The van der Waals surface area contributed by atoms with E-state index in [2.05, 4.69) is 25.8 Å². The van der Waals surface area contributed by atoms with E-state index in [1.54, 1.807) is 7.11 Å². The van der Waals surface area contributed by atoms with Gasteiger partial charge in [-0.25, -0.2) is 9.78 Å². The van der Waals surface area contributed by atoms with E-state index in [-0.39, 0.29) is 12.1 Å². The van der Waals surface area contributed by atoms with Crippen LogP contribution in [0, 0.1) is 0 Å². The molecule has 2 heterocycles. The third-order valence-electron chi connectivity index (χ3n) is 5.57. The Labute approximate surface area is 182 Å². The highest BCUT2D eigenvalue weighted by molar-refractivity contribution is 5.76. The number of para-hydroxylation sites is 2. The first-order valence-electron chi connectivity index (χ1n) is 10.8. The first-order chi connectivity index (χ1) is 15.2. The second-order valence-electron chi connectivity index (χ2n) is 7.74. The third kappa shape index (κ3) is 5.74. The number of nitrogens with one attached hydrogen (secondary N) is 4. The predicted molar refractivity (Wildman–Crippen MR) is 121 cm³/mol. The number of imidazole rings is 1. The molecule has 31 heavy (non-hydrogen) atoms. The molecular weight excluding hydrogens is 392 g/mol. The first-order valence-corrected chi connectivity index (χ1v) is 10.8. The molecule has 2 amide bonds. The van der Waals surface area contributed by atoms with Crippen molar-refractivity contribution in [3.8, 4) is 5.75 Å². The topological polar surface area (TPSA) is 94.3 Å². The number of benzene rings is 2. The van der Waals surface area contributed by atoms with Crippen molar-refractivity contribution < 1.29 is 9.53 Å². The average Bonchev–Trinajstić information content (AvgIpc) is 3.24. The molecule has 1 aromatic heterocycles. The van der Waals surface area contributed by atoms with Gasteiger partial charge < -0.3 is 25.7 Å². The van der Waals surface area contributed by atoms with Crippen LogP contribution in [0.3, 0.4) is 0 Å². The molecule has 8 heteroatoms. The first kappa shape index (κ1) is 21.1. The number of hydrogen-bond acceptors (Lipinski definition) is 5. The number of H-pyrrole nitrogens is 1. The summed E-state index contributed by atoms with van der Waals surface area (Å²) in [5.74, 6) is 1.55. The molecule has 0 aliphatic carbocycles. The van der Waals surface area contributed by atoms with E-state index in [0.717, 1.165) is 60.9 Å². The summed E-state index contributed by atoms with van der Waals surface area (Å²) in [5, 5.41) is 9.44. The quantitative estimate of drug-likeness (QED) is 0.446. The van der Waals surface area contributed by atoms with Crippen LogP contribution in [0.5, 0.6) is 5.75 Å². The molecule has 2 aromatic carbocycles. The number of rotatable bonds is 8. The molecule has 3 aromatic rings. The zero-order valence-electron chi connectivity index (χ0n) is 17.9. The molecule has 4 rings (SSSR count). The highest BCUT2D eigenvalue weighted by Gasteiger charge is 2.19. The molecule has 1 aliphatic rings. The van der Waals surface area contributed by atoms with Crippen LogP contribution in [0.2, 0.25) is 0 Å². The summed E-state index contributed by atoms with van der Waals surface area (Å²) < 4.78 is 5.25. The minimum Gasteiger partial charge on any atom is -0.497 e. The molecule has 0 radical (unpaired) electrons. The maximum Gasteiger partial charge on any atom is 0.315 e. The van der Waals surface area contributed by atoms with E-state index in [9.17, 15) is 4.79 Å². The Morgan fingerprint density at radius 3 is 2.68 bits per heavy atom. The third-order valence-corrected chi connectivity index (χ3v) is 5.57. The molecular formula is C23H30N6O2. The van der Waals surface area contributed by atoms with Crippen molar-refractivity contribution in [1.82, 2.24) is 30.8 Å². The van der Waals surface area contributed by atoms with Gasteiger partial charge in [-0.2, -0.15) is 0 Å². The smallest absolute Gasteiger partial charge is 0.315 e. The lowest BCUT2D eigenvalue weighted by Crippen LogP contribution is -2.47. The lowest BCUT2D eigenvalue weighted by atomic mass is 10.1. The average molecular weight is 423 g/mol. The Morgan fingerprint density at radius 1 is 1.16 bits per heavy atom. The standard InChI is InChI=1S/C23H30N6O2/c1-31-18-8-6-17(7-9-18)16-21(22-26-19-4-2-3-5-20(19)27-22)28-23(30)25-12-15-29-13-10-24-11-14-29/h2-9,21,24H,10-16H2,1H3,(H,26,27)(H2,25,28,30)/t21-/m1/s1. The molecule has 0 unspecified atom stereocenters. The van der Waals surface area contributed by atoms with Crippen molar-refractivity contribution in [3.05, 3.63) is 59.9 Å².